The van der Waals surface area contributed by atoms with Crippen molar-refractivity contribution in [1.82, 2.24) is 10.6 Å². The molecule has 2 N–H and O–H groups in total. The Bertz CT molecular complexity index is 191. The molecule has 52 valence electrons. The summed E-state index contributed by atoms with van der Waals surface area (Å²) in [5, 5.41) is 6.30. The molecular formula is C8H10N2. The SMILES string of the molecule is [C]1CCC2=C(C=CNC2)N1. The lowest BCUT2D eigenvalue weighted by molar-refractivity contribution is 0.709. The van der Waals surface area contributed by atoms with Gasteiger partial charge < -0.3 is 10.6 Å². The van der Waals surface area contributed by atoms with E-state index in [-0.39, 0.29) is 0 Å². The fourth-order valence-corrected chi connectivity index (χ4v) is 1.26. The third kappa shape index (κ3) is 0.897. The highest BCUT2D eigenvalue weighted by Crippen LogP contribution is 2.18. The highest BCUT2D eigenvalue weighted by Gasteiger charge is 2.11. The maximum absolute atomic E-state index is 3.18. The van der Waals surface area contributed by atoms with Crippen molar-refractivity contribution < 1.29 is 0 Å². The molecule has 0 aromatic heterocycles. The minimum Gasteiger partial charge on any atom is -0.387 e. The average molecular weight is 134 g/mol. The van der Waals surface area contributed by atoms with E-state index >= 15 is 0 Å². The third-order valence-corrected chi connectivity index (χ3v) is 1.84. The smallest absolute Gasteiger partial charge is 0.0883 e. The Labute approximate surface area is 61.0 Å². The van der Waals surface area contributed by atoms with Gasteiger partial charge in [-0.15, -0.1) is 0 Å². The van der Waals surface area contributed by atoms with Crippen LogP contribution in [-0.2, 0) is 0 Å². The molecule has 0 aromatic carbocycles. The molecule has 0 aromatic rings. The van der Waals surface area contributed by atoms with Gasteiger partial charge in [-0.1, -0.05) is 0 Å². The Morgan fingerprint density at radius 2 is 2.50 bits per heavy atom. The first-order valence-corrected chi connectivity index (χ1v) is 3.57. The van der Waals surface area contributed by atoms with Crippen LogP contribution in [0.2, 0.25) is 0 Å². The van der Waals surface area contributed by atoms with Gasteiger partial charge >= 0.3 is 0 Å². The summed E-state index contributed by atoms with van der Waals surface area (Å²) in [5.41, 5.74) is 2.71. The topological polar surface area (TPSA) is 24.1 Å². The number of hydrogen-bond acceptors (Lipinski definition) is 2. The van der Waals surface area contributed by atoms with Crippen LogP contribution < -0.4 is 10.6 Å². The standard InChI is InChI=1S/C8H10N2/c1-2-7-6-9-5-3-8(7)10-4-1/h3,5,9-10H,1-2,6H2. The maximum atomic E-state index is 3.18. The lowest BCUT2D eigenvalue weighted by atomic mass is 10.0. The van der Waals surface area contributed by atoms with Crippen LogP contribution in [-0.4, -0.2) is 6.54 Å². The highest BCUT2D eigenvalue weighted by atomic mass is 14.9. The molecule has 0 saturated carbocycles. The molecule has 2 heteroatoms. The molecule has 0 unspecified atom stereocenters. The Balaban J connectivity index is 2.23. The van der Waals surface area contributed by atoms with Crippen molar-refractivity contribution in [2.75, 3.05) is 6.54 Å². The minimum atomic E-state index is 1.00. The molecule has 2 aliphatic rings. The van der Waals surface area contributed by atoms with E-state index in [0.717, 1.165) is 19.4 Å². The van der Waals surface area contributed by atoms with Gasteiger partial charge in [0.05, 0.1) is 6.54 Å². The van der Waals surface area contributed by atoms with E-state index in [2.05, 4.69) is 23.3 Å². The molecule has 10 heavy (non-hydrogen) atoms. The van der Waals surface area contributed by atoms with Gasteiger partial charge in [0, 0.05) is 12.2 Å². The summed E-state index contributed by atoms with van der Waals surface area (Å²) < 4.78 is 0. The zero-order chi connectivity index (χ0) is 6.81. The first-order chi connectivity index (χ1) is 4.97. The van der Waals surface area contributed by atoms with Crippen LogP contribution in [0.25, 0.3) is 0 Å². The minimum absolute atomic E-state index is 1.00. The molecule has 0 atom stereocenters. The average Bonchev–Trinajstić information content (AvgIpc) is 2.05. The predicted molar refractivity (Wildman–Crippen MR) is 39.8 cm³/mol. The summed E-state index contributed by atoms with van der Waals surface area (Å²) in [7, 11) is 0. The zero-order valence-corrected chi connectivity index (χ0v) is 5.78. The maximum Gasteiger partial charge on any atom is 0.0883 e. The van der Waals surface area contributed by atoms with Crippen LogP contribution in [0.4, 0.5) is 0 Å². The molecule has 2 radical (unpaired) electrons. The van der Waals surface area contributed by atoms with Gasteiger partial charge in [0.2, 0.25) is 0 Å². The molecule has 2 aliphatic heterocycles. The number of dihydropyridines is 1. The molecule has 0 fully saturated rings. The Hall–Kier alpha value is -0.920. The summed E-state index contributed by atoms with van der Waals surface area (Å²) in [5.74, 6) is 0. The summed E-state index contributed by atoms with van der Waals surface area (Å²) in [6, 6.07) is 0. The Morgan fingerprint density at radius 3 is 3.40 bits per heavy atom. The Kier molecular flexibility index (Phi) is 1.38. The quantitative estimate of drug-likeness (QED) is 0.511. The van der Waals surface area contributed by atoms with E-state index < -0.39 is 0 Å². The largest absolute Gasteiger partial charge is 0.387 e. The lowest BCUT2D eigenvalue weighted by Gasteiger charge is -2.22. The fourth-order valence-electron chi connectivity index (χ4n) is 1.26. The van der Waals surface area contributed by atoms with Crippen LogP contribution in [0.1, 0.15) is 12.8 Å². The molecule has 2 heterocycles. The molecule has 2 nitrogen and oxygen atoms in total. The monoisotopic (exact) mass is 134 g/mol. The van der Waals surface area contributed by atoms with Gasteiger partial charge in [0.15, 0.2) is 0 Å². The first-order valence-electron chi connectivity index (χ1n) is 3.57. The summed E-state index contributed by atoms with van der Waals surface area (Å²) in [6.07, 6.45) is 6.22. The summed E-state index contributed by atoms with van der Waals surface area (Å²) in [4.78, 5) is 0. The van der Waals surface area contributed by atoms with Gasteiger partial charge in [-0.3, -0.25) is 0 Å². The highest BCUT2D eigenvalue weighted by molar-refractivity contribution is 5.31. The van der Waals surface area contributed by atoms with Crippen LogP contribution >= 0.6 is 0 Å². The molecule has 0 aliphatic carbocycles. The predicted octanol–water partition coefficient (Wildman–Crippen LogP) is 0.780. The number of hydrogen-bond donors (Lipinski definition) is 2. The lowest BCUT2D eigenvalue weighted by Crippen LogP contribution is -2.25. The molecular weight excluding hydrogens is 124 g/mol. The van der Waals surface area contributed by atoms with Gasteiger partial charge in [0.1, 0.15) is 0 Å². The zero-order valence-electron chi connectivity index (χ0n) is 5.78. The first kappa shape index (κ1) is 5.83. The van der Waals surface area contributed by atoms with Crippen molar-refractivity contribution in [3.63, 3.8) is 0 Å². The third-order valence-electron chi connectivity index (χ3n) is 1.84. The van der Waals surface area contributed by atoms with E-state index in [9.17, 15) is 0 Å². The second kappa shape index (κ2) is 2.37. The second-order valence-corrected chi connectivity index (χ2v) is 2.53. The number of nitrogens with one attached hydrogen (secondary N) is 2. The van der Waals surface area contributed by atoms with Crippen LogP contribution in [0.5, 0.6) is 0 Å². The summed E-state index contributed by atoms with van der Waals surface area (Å²) in [6.45, 7) is 4.10. The fraction of sp³-hybridized carbons (Fsp3) is 0.375. The molecule has 2 rings (SSSR count). The van der Waals surface area contributed by atoms with E-state index in [4.69, 9.17) is 0 Å². The van der Waals surface area contributed by atoms with Crippen molar-refractivity contribution in [3.8, 4) is 0 Å². The van der Waals surface area contributed by atoms with Gasteiger partial charge in [0.25, 0.3) is 0 Å². The van der Waals surface area contributed by atoms with Crippen molar-refractivity contribution >= 4 is 0 Å². The Morgan fingerprint density at radius 1 is 1.50 bits per heavy atom. The molecule has 0 amide bonds. The van der Waals surface area contributed by atoms with E-state index in [1.54, 1.807) is 0 Å². The van der Waals surface area contributed by atoms with Gasteiger partial charge in [-0.25, -0.2) is 0 Å². The normalized spacial score (nSPS) is 23.2. The van der Waals surface area contributed by atoms with E-state index in [1.165, 1.54) is 11.3 Å². The molecule has 0 bridgehead atoms. The van der Waals surface area contributed by atoms with Gasteiger partial charge in [-0.05, 0) is 30.7 Å². The van der Waals surface area contributed by atoms with Crippen LogP contribution in [0.15, 0.2) is 23.5 Å². The van der Waals surface area contributed by atoms with Crippen molar-refractivity contribution in [2.45, 2.75) is 12.8 Å². The van der Waals surface area contributed by atoms with E-state index in [0.29, 0.717) is 0 Å². The number of allylic oxidation sites excluding steroid dienone is 1. The van der Waals surface area contributed by atoms with Gasteiger partial charge in [-0.2, -0.15) is 0 Å². The van der Waals surface area contributed by atoms with Crippen LogP contribution in [0, 0.1) is 6.54 Å². The second-order valence-electron chi connectivity index (χ2n) is 2.53. The van der Waals surface area contributed by atoms with E-state index in [1.807, 2.05) is 6.20 Å². The summed E-state index contributed by atoms with van der Waals surface area (Å²) >= 11 is 0. The van der Waals surface area contributed by atoms with Crippen LogP contribution in [0.3, 0.4) is 0 Å². The number of rotatable bonds is 0. The van der Waals surface area contributed by atoms with Crippen molar-refractivity contribution in [1.29, 1.82) is 0 Å². The van der Waals surface area contributed by atoms with Crippen molar-refractivity contribution in [3.05, 3.63) is 30.1 Å². The van der Waals surface area contributed by atoms with Crippen molar-refractivity contribution in [2.24, 2.45) is 0 Å². The molecule has 0 spiro atoms. The molecule has 0 saturated heterocycles.